The van der Waals surface area contributed by atoms with Crippen LogP contribution in [-0.4, -0.2) is 78.1 Å². The molecule has 1 N–H and O–H groups in total. The van der Waals surface area contributed by atoms with E-state index in [1.165, 1.54) is 17.7 Å². The Balaban J connectivity index is 1.66. The molecule has 186 valence electrons. The number of rotatable bonds is 10. The van der Waals surface area contributed by atoms with E-state index < -0.39 is 31.3 Å². The zero-order valence-corrected chi connectivity index (χ0v) is 21.0. The molecule has 0 amide bonds. The van der Waals surface area contributed by atoms with E-state index in [4.69, 9.17) is 0 Å². The molecule has 0 aromatic heterocycles. The largest absolute Gasteiger partial charge is 0.465 e. The number of nitrogens with one attached hydrogen (secondary N) is 1. The monoisotopic (exact) mass is 509 g/mol. The van der Waals surface area contributed by atoms with E-state index in [2.05, 4.69) is 14.4 Å². The van der Waals surface area contributed by atoms with Gasteiger partial charge in [-0.25, -0.2) is 26.4 Å². The van der Waals surface area contributed by atoms with Gasteiger partial charge in [-0.1, -0.05) is 42.5 Å². The van der Waals surface area contributed by atoms with Crippen LogP contribution in [0.5, 0.6) is 0 Å². The van der Waals surface area contributed by atoms with E-state index in [1.807, 2.05) is 18.2 Å². The zero-order valence-electron chi connectivity index (χ0n) is 19.4. The Morgan fingerprint density at radius 1 is 0.971 bits per heavy atom. The van der Waals surface area contributed by atoms with Gasteiger partial charge in [0.05, 0.1) is 18.9 Å². The molecule has 0 bridgehead atoms. The van der Waals surface area contributed by atoms with Gasteiger partial charge in [-0.15, -0.1) is 0 Å². The number of benzene rings is 2. The Labute approximate surface area is 201 Å². The van der Waals surface area contributed by atoms with Gasteiger partial charge in [-0.2, -0.15) is 4.31 Å². The van der Waals surface area contributed by atoms with Gasteiger partial charge >= 0.3 is 5.97 Å². The molecule has 1 atom stereocenters. The number of ether oxygens (including phenoxy) is 1. The maximum atomic E-state index is 13.3. The Morgan fingerprint density at radius 3 is 2.15 bits per heavy atom. The highest BCUT2D eigenvalue weighted by Gasteiger charge is 2.29. The molecule has 1 fully saturated rings. The van der Waals surface area contributed by atoms with E-state index in [0.717, 1.165) is 5.56 Å². The number of carbonyl (C=O) groups is 1. The molecule has 0 radical (unpaired) electrons. The summed E-state index contributed by atoms with van der Waals surface area (Å²) in [5, 5.41) is -0.754. The maximum Gasteiger partial charge on any atom is 0.337 e. The van der Waals surface area contributed by atoms with Crippen molar-refractivity contribution in [1.29, 1.82) is 0 Å². The molecule has 34 heavy (non-hydrogen) atoms. The smallest absolute Gasteiger partial charge is 0.337 e. The van der Waals surface area contributed by atoms with Crippen LogP contribution in [0.4, 0.5) is 0 Å². The second kappa shape index (κ2) is 11.4. The molecule has 1 saturated heterocycles. The standard InChI is InChI=1S/C23H31N3O6S2/c1-32-23(27)21-10-8-19(9-11-21)18-24-34(30,31)22(20-6-4-3-5-7-20)12-13-25-14-16-26(17-15-25)33(2,28)29/h3-11,22,24H,12-18H2,1-2H3. The molecule has 0 aliphatic carbocycles. The summed E-state index contributed by atoms with van der Waals surface area (Å²) in [6.07, 6.45) is 1.58. The molecule has 0 spiro atoms. The highest BCUT2D eigenvalue weighted by atomic mass is 32.2. The fourth-order valence-corrected chi connectivity index (χ4v) is 6.24. The number of methoxy groups -OCH3 is 1. The summed E-state index contributed by atoms with van der Waals surface area (Å²) < 4.78 is 58.9. The topological polar surface area (TPSA) is 113 Å². The Kier molecular flexibility index (Phi) is 8.83. The molecule has 3 rings (SSSR count). The molecule has 1 unspecified atom stereocenters. The summed E-state index contributed by atoms with van der Waals surface area (Å²) in [5.41, 5.74) is 1.82. The van der Waals surface area contributed by atoms with E-state index >= 15 is 0 Å². The lowest BCUT2D eigenvalue weighted by Gasteiger charge is -2.34. The van der Waals surface area contributed by atoms with Gasteiger partial charge in [0.15, 0.2) is 0 Å². The Hall–Kier alpha value is -2.31. The number of hydrogen-bond donors (Lipinski definition) is 1. The lowest BCUT2D eigenvalue weighted by atomic mass is 10.1. The molecular formula is C23H31N3O6S2. The van der Waals surface area contributed by atoms with Crippen molar-refractivity contribution < 1.29 is 26.4 Å². The number of nitrogens with zero attached hydrogens (tertiary/aromatic N) is 2. The first-order chi connectivity index (χ1) is 16.1. The molecule has 9 nitrogen and oxygen atoms in total. The lowest BCUT2D eigenvalue weighted by molar-refractivity contribution is 0.0600. The first-order valence-corrected chi connectivity index (χ1v) is 14.4. The van der Waals surface area contributed by atoms with Gasteiger partial charge < -0.3 is 9.64 Å². The highest BCUT2D eigenvalue weighted by molar-refractivity contribution is 7.89. The summed E-state index contributed by atoms with van der Waals surface area (Å²) in [7, 11) is -5.62. The van der Waals surface area contributed by atoms with Gasteiger partial charge in [0.25, 0.3) is 0 Å². The molecule has 1 aliphatic rings. The van der Waals surface area contributed by atoms with Crippen LogP contribution in [0.25, 0.3) is 0 Å². The van der Waals surface area contributed by atoms with Crippen LogP contribution in [0.15, 0.2) is 54.6 Å². The van der Waals surface area contributed by atoms with Gasteiger partial charge in [-0.3, -0.25) is 0 Å². The van der Waals surface area contributed by atoms with Crippen LogP contribution >= 0.6 is 0 Å². The minimum absolute atomic E-state index is 0.0974. The number of esters is 1. The molecule has 2 aromatic carbocycles. The van der Waals surface area contributed by atoms with Gasteiger partial charge in [-0.05, 0) is 36.2 Å². The fourth-order valence-electron chi connectivity index (χ4n) is 3.91. The quantitative estimate of drug-likeness (QED) is 0.484. The fraction of sp³-hybridized carbons (Fsp3) is 0.435. The molecule has 2 aromatic rings. The van der Waals surface area contributed by atoms with E-state index in [0.29, 0.717) is 50.3 Å². The number of carbonyl (C=O) groups excluding carboxylic acids is 1. The first kappa shape index (κ1) is 26.3. The second-order valence-corrected chi connectivity index (χ2v) is 12.2. The Bertz CT molecular complexity index is 1160. The molecule has 1 aliphatic heterocycles. The van der Waals surface area contributed by atoms with Crippen molar-refractivity contribution in [2.75, 3.05) is 46.1 Å². The predicted octanol–water partition coefficient (Wildman–Crippen LogP) is 1.60. The van der Waals surface area contributed by atoms with E-state index in [-0.39, 0.29) is 6.54 Å². The predicted molar refractivity (Wildman–Crippen MR) is 130 cm³/mol. The average molecular weight is 510 g/mol. The zero-order chi connectivity index (χ0) is 24.8. The van der Waals surface area contributed by atoms with Crippen molar-refractivity contribution in [3.05, 3.63) is 71.3 Å². The summed E-state index contributed by atoms with van der Waals surface area (Å²) in [4.78, 5) is 13.7. The summed E-state index contributed by atoms with van der Waals surface area (Å²) in [6.45, 7) is 2.57. The van der Waals surface area contributed by atoms with Crippen molar-refractivity contribution in [2.24, 2.45) is 0 Å². The van der Waals surface area contributed by atoms with Crippen molar-refractivity contribution in [1.82, 2.24) is 13.9 Å². The first-order valence-electron chi connectivity index (χ1n) is 11.0. The van der Waals surface area contributed by atoms with E-state index in [9.17, 15) is 21.6 Å². The van der Waals surface area contributed by atoms with Crippen molar-refractivity contribution in [3.63, 3.8) is 0 Å². The van der Waals surface area contributed by atoms with Gasteiger partial charge in [0, 0.05) is 32.7 Å². The molecule has 1 heterocycles. The number of hydrogen-bond acceptors (Lipinski definition) is 7. The van der Waals surface area contributed by atoms with Crippen molar-refractivity contribution >= 4 is 26.0 Å². The molecule has 0 saturated carbocycles. The average Bonchev–Trinajstić information content (AvgIpc) is 2.83. The summed E-state index contributed by atoms with van der Waals surface area (Å²) >= 11 is 0. The van der Waals surface area contributed by atoms with Crippen LogP contribution in [0, 0.1) is 0 Å². The van der Waals surface area contributed by atoms with Crippen LogP contribution in [0.2, 0.25) is 0 Å². The summed E-state index contributed by atoms with van der Waals surface area (Å²) in [5.74, 6) is -0.450. The minimum atomic E-state index is -3.71. The third-order valence-electron chi connectivity index (χ3n) is 5.91. The van der Waals surface area contributed by atoms with Crippen molar-refractivity contribution in [2.45, 2.75) is 18.2 Å². The van der Waals surface area contributed by atoms with Crippen LogP contribution in [-0.2, 0) is 31.3 Å². The normalized spacial score (nSPS) is 16.8. The van der Waals surface area contributed by atoms with Crippen LogP contribution < -0.4 is 4.72 Å². The van der Waals surface area contributed by atoms with E-state index in [1.54, 1.807) is 36.4 Å². The SMILES string of the molecule is COC(=O)c1ccc(CNS(=O)(=O)C(CCN2CCN(S(C)(=O)=O)CC2)c2ccccc2)cc1. The van der Waals surface area contributed by atoms with Gasteiger partial charge in [0.2, 0.25) is 20.0 Å². The summed E-state index contributed by atoms with van der Waals surface area (Å²) in [6, 6.07) is 15.6. The molecule has 11 heteroatoms. The number of piperazine rings is 1. The van der Waals surface area contributed by atoms with Gasteiger partial charge in [0.1, 0.15) is 5.25 Å². The van der Waals surface area contributed by atoms with Crippen LogP contribution in [0.3, 0.4) is 0 Å². The highest BCUT2D eigenvalue weighted by Crippen LogP contribution is 2.26. The van der Waals surface area contributed by atoms with Crippen molar-refractivity contribution in [3.8, 4) is 0 Å². The third-order valence-corrected chi connectivity index (χ3v) is 9.01. The minimum Gasteiger partial charge on any atom is -0.465 e. The van der Waals surface area contributed by atoms with Crippen LogP contribution in [0.1, 0.15) is 33.2 Å². The lowest BCUT2D eigenvalue weighted by Crippen LogP contribution is -2.48. The second-order valence-electron chi connectivity index (χ2n) is 8.25. The molecular weight excluding hydrogens is 478 g/mol. The number of sulfonamides is 2. The maximum absolute atomic E-state index is 13.3. The Morgan fingerprint density at radius 2 is 1.59 bits per heavy atom. The third kappa shape index (κ3) is 7.09.